The molecular formula is C17H18N2O3S. The normalized spacial score (nSPS) is 21.2. The second kappa shape index (κ2) is 6.14. The summed E-state index contributed by atoms with van der Waals surface area (Å²) in [4.78, 5) is 4.07. The molecule has 0 aliphatic heterocycles. The summed E-state index contributed by atoms with van der Waals surface area (Å²) < 4.78 is 32.0. The molecule has 0 fully saturated rings. The number of benzene rings is 1. The van der Waals surface area contributed by atoms with Crippen molar-refractivity contribution in [3.8, 4) is 0 Å². The second-order valence-electron chi connectivity index (χ2n) is 5.69. The van der Waals surface area contributed by atoms with Gasteiger partial charge >= 0.3 is 0 Å². The molecule has 1 aromatic heterocycles. The minimum atomic E-state index is -3.50. The average molecular weight is 330 g/mol. The highest BCUT2D eigenvalue weighted by Crippen LogP contribution is 2.31. The molecule has 1 heterocycles. The van der Waals surface area contributed by atoms with Crippen molar-refractivity contribution in [1.82, 2.24) is 9.71 Å². The van der Waals surface area contributed by atoms with Crippen molar-refractivity contribution in [2.75, 3.05) is 0 Å². The zero-order valence-corrected chi connectivity index (χ0v) is 13.6. The van der Waals surface area contributed by atoms with Gasteiger partial charge in [0.05, 0.1) is 0 Å². The van der Waals surface area contributed by atoms with Crippen LogP contribution in [0.4, 0.5) is 0 Å². The van der Waals surface area contributed by atoms with Gasteiger partial charge in [-0.05, 0) is 24.5 Å². The topological polar surface area (TPSA) is 72.2 Å². The summed E-state index contributed by atoms with van der Waals surface area (Å²) in [7, 11) is -3.50. The van der Waals surface area contributed by atoms with Crippen LogP contribution in [0.3, 0.4) is 0 Å². The van der Waals surface area contributed by atoms with Crippen molar-refractivity contribution in [2.24, 2.45) is 0 Å². The Morgan fingerprint density at radius 1 is 1.30 bits per heavy atom. The van der Waals surface area contributed by atoms with E-state index in [0.717, 1.165) is 11.1 Å². The highest BCUT2D eigenvalue weighted by atomic mass is 32.2. The summed E-state index contributed by atoms with van der Waals surface area (Å²) in [5.74, 6) is 0. The van der Waals surface area contributed by atoms with E-state index in [0.29, 0.717) is 12.1 Å². The van der Waals surface area contributed by atoms with E-state index in [2.05, 4.69) is 9.71 Å². The summed E-state index contributed by atoms with van der Waals surface area (Å²) in [6.07, 6.45) is 8.65. The number of aromatic nitrogens is 1. The molecule has 0 amide bonds. The van der Waals surface area contributed by atoms with Gasteiger partial charge in [0.25, 0.3) is 0 Å². The lowest BCUT2D eigenvalue weighted by molar-refractivity contribution is 0.547. The molecule has 1 N–H and O–H groups in total. The molecule has 1 aliphatic rings. The van der Waals surface area contributed by atoms with E-state index in [-0.39, 0.29) is 6.54 Å². The molecule has 5 nitrogen and oxygen atoms in total. The molecule has 1 aromatic carbocycles. The Morgan fingerprint density at radius 2 is 2.09 bits per heavy atom. The maximum absolute atomic E-state index is 12.6. The van der Waals surface area contributed by atoms with Gasteiger partial charge in [0.15, 0.2) is 6.39 Å². The predicted molar refractivity (Wildman–Crippen MR) is 88.8 cm³/mol. The molecule has 1 unspecified atom stereocenters. The number of allylic oxidation sites excluding steroid dienone is 3. The Labute approximate surface area is 135 Å². The third-order valence-corrected chi connectivity index (χ3v) is 6.05. The van der Waals surface area contributed by atoms with Crippen LogP contribution in [0.5, 0.6) is 0 Å². The van der Waals surface area contributed by atoms with Crippen LogP contribution >= 0.6 is 0 Å². The van der Waals surface area contributed by atoms with E-state index >= 15 is 0 Å². The van der Waals surface area contributed by atoms with Gasteiger partial charge in [0.2, 0.25) is 10.0 Å². The van der Waals surface area contributed by atoms with Gasteiger partial charge in [-0.15, -0.1) is 0 Å². The number of nitrogens with zero attached hydrogens (tertiary/aromatic N) is 1. The van der Waals surface area contributed by atoms with Crippen molar-refractivity contribution < 1.29 is 12.8 Å². The standard InChI is InChI=1S/C17H18N2O3S/c1-17(9-7-15(8-10-17)16-12-22-13-18-16)23(20,21)19-11-14-5-3-2-4-6-14/h2-9,12-13,19H,10-11H2,1H3. The molecule has 0 spiro atoms. The maximum Gasteiger partial charge on any atom is 0.221 e. The molecule has 0 saturated heterocycles. The number of hydrogen-bond donors (Lipinski definition) is 1. The van der Waals surface area contributed by atoms with E-state index in [1.54, 1.807) is 25.3 Å². The number of sulfonamides is 1. The third-order valence-electron chi connectivity index (χ3n) is 3.99. The van der Waals surface area contributed by atoms with Crippen molar-refractivity contribution in [1.29, 1.82) is 0 Å². The van der Waals surface area contributed by atoms with Crippen LogP contribution in [0, 0.1) is 0 Å². The lowest BCUT2D eigenvalue weighted by atomic mass is 9.96. The zero-order valence-electron chi connectivity index (χ0n) is 12.8. The van der Waals surface area contributed by atoms with Gasteiger partial charge < -0.3 is 4.42 Å². The van der Waals surface area contributed by atoms with Gasteiger partial charge in [-0.25, -0.2) is 18.1 Å². The van der Waals surface area contributed by atoms with Crippen LogP contribution < -0.4 is 4.72 Å². The van der Waals surface area contributed by atoms with E-state index < -0.39 is 14.8 Å². The summed E-state index contributed by atoms with van der Waals surface area (Å²) in [6, 6.07) is 9.46. The van der Waals surface area contributed by atoms with Gasteiger partial charge in [0.1, 0.15) is 16.7 Å². The third kappa shape index (κ3) is 3.28. The summed E-state index contributed by atoms with van der Waals surface area (Å²) in [5, 5.41) is 0. The first-order valence-electron chi connectivity index (χ1n) is 7.31. The highest BCUT2D eigenvalue weighted by molar-refractivity contribution is 7.91. The van der Waals surface area contributed by atoms with Crippen LogP contribution in [0.25, 0.3) is 5.57 Å². The molecule has 1 atom stereocenters. The van der Waals surface area contributed by atoms with Gasteiger partial charge in [-0.1, -0.05) is 48.6 Å². The molecule has 0 bridgehead atoms. The molecular weight excluding hydrogens is 312 g/mol. The highest BCUT2D eigenvalue weighted by Gasteiger charge is 2.37. The first-order chi connectivity index (χ1) is 11.0. The molecule has 23 heavy (non-hydrogen) atoms. The number of rotatable bonds is 5. The summed E-state index contributed by atoms with van der Waals surface area (Å²) in [5.41, 5.74) is 2.51. The minimum absolute atomic E-state index is 0.284. The van der Waals surface area contributed by atoms with E-state index in [9.17, 15) is 8.42 Å². The lowest BCUT2D eigenvalue weighted by Gasteiger charge is -2.27. The average Bonchev–Trinajstić information content (AvgIpc) is 3.09. The van der Waals surface area contributed by atoms with E-state index in [1.807, 2.05) is 36.4 Å². The molecule has 6 heteroatoms. The van der Waals surface area contributed by atoms with Crippen LogP contribution in [0.2, 0.25) is 0 Å². The first kappa shape index (κ1) is 15.7. The molecule has 1 aliphatic carbocycles. The van der Waals surface area contributed by atoms with Gasteiger partial charge in [-0.2, -0.15) is 0 Å². The zero-order chi connectivity index (χ0) is 16.3. The van der Waals surface area contributed by atoms with Crippen molar-refractivity contribution >= 4 is 15.6 Å². The van der Waals surface area contributed by atoms with E-state index in [4.69, 9.17) is 4.42 Å². The maximum atomic E-state index is 12.6. The van der Waals surface area contributed by atoms with Gasteiger partial charge in [-0.3, -0.25) is 0 Å². The van der Waals surface area contributed by atoms with E-state index in [1.165, 1.54) is 6.39 Å². The Balaban J connectivity index is 1.72. The second-order valence-corrected chi connectivity index (χ2v) is 7.92. The van der Waals surface area contributed by atoms with Crippen LogP contribution in [-0.4, -0.2) is 18.1 Å². The van der Waals surface area contributed by atoms with Crippen LogP contribution in [0.15, 0.2) is 65.6 Å². The fourth-order valence-electron chi connectivity index (χ4n) is 2.40. The Bertz CT molecular complexity index is 824. The Morgan fingerprint density at radius 3 is 2.70 bits per heavy atom. The minimum Gasteiger partial charge on any atom is -0.451 e. The molecule has 0 radical (unpaired) electrons. The molecule has 0 saturated carbocycles. The Kier molecular flexibility index (Phi) is 4.19. The molecule has 2 aromatic rings. The van der Waals surface area contributed by atoms with Gasteiger partial charge in [0, 0.05) is 6.54 Å². The number of nitrogens with one attached hydrogen (secondary N) is 1. The first-order valence-corrected chi connectivity index (χ1v) is 8.80. The predicted octanol–water partition coefficient (Wildman–Crippen LogP) is 2.90. The lowest BCUT2D eigenvalue weighted by Crippen LogP contribution is -2.42. The van der Waals surface area contributed by atoms with Crippen LogP contribution in [0.1, 0.15) is 24.6 Å². The molecule has 120 valence electrons. The number of oxazole rings is 1. The number of hydrogen-bond acceptors (Lipinski definition) is 4. The van der Waals surface area contributed by atoms with Crippen molar-refractivity contribution in [3.63, 3.8) is 0 Å². The van der Waals surface area contributed by atoms with Crippen LogP contribution in [-0.2, 0) is 16.6 Å². The largest absolute Gasteiger partial charge is 0.451 e. The summed E-state index contributed by atoms with van der Waals surface area (Å²) in [6.45, 7) is 2.00. The molecule has 3 rings (SSSR count). The SMILES string of the molecule is CC1(S(=O)(=O)NCc2ccccc2)C=CC(c2cocn2)=CC1. The fraction of sp³-hybridized carbons (Fsp3) is 0.235. The fourth-order valence-corrected chi connectivity index (χ4v) is 3.63. The quantitative estimate of drug-likeness (QED) is 0.915. The van der Waals surface area contributed by atoms with Crippen molar-refractivity contribution in [3.05, 3.63) is 72.5 Å². The Hall–Kier alpha value is -2.18. The summed E-state index contributed by atoms with van der Waals surface area (Å²) >= 11 is 0. The monoisotopic (exact) mass is 330 g/mol. The smallest absolute Gasteiger partial charge is 0.221 e. The van der Waals surface area contributed by atoms with Crippen molar-refractivity contribution in [2.45, 2.75) is 24.6 Å².